The van der Waals surface area contributed by atoms with Gasteiger partial charge in [0, 0.05) is 23.6 Å². The lowest BCUT2D eigenvalue weighted by atomic mass is 10.1. The van der Waals surface area contributed by atoms with Crippen molar-refractivity contribution in [3.8, 4) is 11.4 Å². The molecule has 0 amide bonds. The molecule has 0 saturated heterocycles. The van der Waals surface area contributed by atoms with Gasteiger partial charge in [-0.2, -0.15) is 0 Å². The zero-order valence-corrected chi connectivity index (χ0v) is 20.5. The van der Waals surface area contributed by atoms with Gasteiger partial charge in [0.15, 0.2) is 11.5 Å². The second-order valence-corrected chi connectivity index (χ2v) is 8.72. The molecule has 0 spiro atoms. The fraction of sp³-hybridized carbons (Fsp3) is 0.0417. The van der Waals surface area contributed by atoms with Gasteiger partial charge in [-0.1, -0.05) is 58.0 Å². The molecule has 2 aromatic heterocycles. The van der Waals surface area contributed by atoms with Crippen LogP contribution < -0.4 is 4.74 Å². The van der Waals surface area contributed by atoms with E-state index in [1.54, 1.807) is 30.3 Å². The van der Waals surface area contributed by atoms with E-state index >= 15 is 0 Å². The Kier molecular flexibility index (Phi) is 7.42. The normalized spacial score (nSPS) is 11.3. The molecule has 2 aromatic carbocycles. The summed E-state index contributed by atoms with van der Waals surface area (Å²) in [5.41, 5.74) is 1.54. The van der Waals surface area contributed by atoms with Crippen LogP contribution in [0.25, 0.3) is 11.8 Å². The molecule has 0 radical (unpaired) electrons. The lowest BCUT2D eigenvalue weighted by Gasteiger charge is -2.12. The highest BCUT2D eigenvalue weighted by atomic mass is 35.5. The lowest BCUT2D eigenvalue weighted by Crippen LogP contribution is -1.96. The number of hydrogen-bond acceptors (Lipinski definition) is 3. The van der Waals surface area contributed by atoms with E-state index in [0.717, 1.165) is 5.69 Å². The predicted octanol–water partition coefficient (Wildman–Crippen LogP) is 8.81. The van der Waals surface area contributed by atoms with Crippen molar-refractivity contribution < 1.29 is 13.9 Å². The van der Waals surface area contributed by atoms with Crippen molar-refractivity contribution in [3.63, 3.8) is 0 Å². The summed E-state index contributed by atoms with van der Waals surface area (Å²) >= 11 is 30.4. The van der Waals surface area contributed by atoms with Gasteiger partial charge in [0.2, 0.25) is 0 Å². The van der Waals surface area contributed by atoms with Crippen LogP contribution in [0.1, 0.15) is 21.9 Å². The zero-order valence-electron chi connectivity index (χ0n) is 16.7. The van der Waals surface area contributed by atoms with E-state index in [9.17, 15) is 4.79 Å². The second kappa shape index (κ2) is 10.3. The molecule has 4 rings (SSSR count). The number of aromatic nitrogens is 1. The Balaban J connectivity index is 1.40. The fourth-order valence-electron chi connectivity index (χ4n) is 2.97. The van der Waals surface area contributed by atoms with Crippen LogP contribution in [0, 0.1) is 0 Å². The van der Waals surface area contributed by atoms with Crippen molar-refractivity contribution in [3.05, 3.63) is 109 Å². The number of rotatable bonds is 7. The van der Waals surface area contributed by atoms with Crippen molar-refractivity contribution in [2.45, 2.75) is 6.61 Å². The van der Waals surface area contributed by atoms with Gasteiger partial charge < -0.3 is 13.7 Å². The summed E-state index contributed by atoms with van der Waals surface area (Å²) in [7, 11) is 0. The van der Waals surface area contributed by atoms with Gasteiger partial charge in [-0.05, 0) is 60.7 Å². The number of ether oxygens (including phenoxy) is 1. The molecule has 0 unspecified atom stereocenters. The summed E-state index contributed by atoms with van der Waals surface area (Å²) in [6, 6.07) is 14.6. The van der Waals surface area contributed by atoms with E-state index in [0.29, 0.717) is 17.1 Å². The zero-order chi connectivity index (χ0) is 23.5. The minimum Gasteiger partial charge on any atom is -0.482 e. The lowest BCUT2D eigenvalue weighted by molar-refractivity contribution is 0.104. The predicted molar refractivity (Wildman–Crippen MR) is 134 cm³/mol. The Hall–Kier alpha value is -2.34. The number of ketones is 1. The van der Waals surface area contributed by atoms with Gasteiger partial charge in [0.05, 0.1) is 15.1 Å². The summed E-state index contributed by atoms with van der Waals surface area (Å²) in [4.78, 5) is 12.5. The van der Waals surface area contributed by atoms with Gasteiger partial charge in [-0.3, -0.25) is 4.79 Å². The van der Waals surface area contributed by atoms with Crippen LogP contribution >= 0.6 is 58.0 Å². The topological polar surface area (TPSA) is 44.4 Å². The van der Waals surface area contributed by atoms with Crippen molar-refractivity contribution in [2.75, 3.05) is 0 Å². The first-order valence-corrected chi connectivity index (χ1v) is 11.4. The maximum Gasteiger partial charge on any atom is 0.185 e. The second-order valence-electron chi connectivity index (χ2n) is 6.83. The maximum absolute atomic E-state index is 12.5. The maximum atomic E-state index is 12.5. The van der Waals surface area contributed by atoms with Crippen LogP contribution in [0.15, 0.2) is 71.4 Å². The molecule has 33 heavy (non-hydrogen) atoms. The van der Waals surface area contributed by atoms with Gasteiger partial charge >= 0.3 is 0 Å². The molecule has 0 atom stereocenters. The number of halogens is 5. The van der Waals surface area contributed by atoms with Crippen LogP contribution in [-0.4, -0.2) is 10.4 Å². The number of furan rings is 1. The van der Waals surface area contributed by atoms with Crippen LogP contribution in [0.4, 0.5) is 0 Å². The van der Waals surface area contributed by atoms with Gasteiger partial charge in [0.25, 0.3) is 0 Å². The quantitative estimate of drug-likeness (QED) is 0.102. The van der Waals surface area contributed by atoms with E-state index in [1.165, 1.54) is 6.08 Å². The molecule has 4 nitrogen and oxygen atoms in total. The molecule has 2 heterocycles. The largest absolute Gasteiger partial charge is 0.482 e. The molecule has 9 heteroatoms. The number of allylic oxidation sites excluding steroid dienone is 1. The average Bonchev–Trinajstić information content (AvgIpc) is 3.52. The van der Waals surface area contributed by atoms with Crippen molar-refractivity contribution in [1.29, 1.82) is 0 Å². The van der Waals surface area contributed by atoms with Gasteiger partial charge in [0.1, 0.15) is 28.2 Å². The number of benzene rings is 2. The molecule has 0 bridgehead atoms. The Morgan fingerprint density at radius 3 is 2.09 bits per heavy atom. The summed E-state index contributed by atoms with van der Waals surface area (Å²) in [6.45, 7) is 0.0103. The minimum absolute atomic E-state index is 0.0103. The molecular weight excluding hydrogens is 528 g/mol. The Morgan fingerprint density at radius 2 is 1.45 bits per heavy atom. The minimum atomic E-state index is -0.146. The molecule has 168 valence electrons. The standard InChI is InChI=1S/C24H14Cl5NO3/c25-19-20(26)22(28)24(23(29)21(19)27)32-13-17-8-7-16(33-17)9-10-18(31)14-3-5-15(6-4-14)30-11-1-2-12-30/h1-12H,13H2/b10-9+. The monoisotopic (exact) mass is 539 g/mol. The van der Waals surface area contributed by atoms with Crippen LogP contribution in [0.2, 0.25) is 25.1 Å². The first kappa shape index (κ1) is 23.8. The molecular formula is C24H14Cl5NO3. The number of hydrogen-bond donors (Lipinski definition) is 0. The number of carbonyl (C=O) groups is 1. The summed E-state index contributed by atoms with van der Waals surface area (Å²) in [5, 5.41) is 0.249. The van der Waals surface area contributed by atoms with Crippen LogP contribution in [0.3, 0.4) is 0 Å². The third-order valence-corrected chi connectivity index (χ3v) is 6.91. The summed E-state index contributed by atoms with van der Waals surface area (Å²) in [6.07, 6.45) is 6.90. The molecule has 0 fully saturated rings. The molecule has 0 aliphatic rings. The van der Waals surface area contributed by atoms with Crippen molar-refractivity contribution in [1.82, 2.24) is 4.57 Å². The third-order valence-electron chi connectivity index (χ3n) is 4.66. The summed E-state index contributed by atoms with van der Waals surface area (Å²) < 4.78 is 13.3. The average molecular weight is 542 g/mol. The molecule has 0 N–H and O–H groups in total. The summed E-state index contributed by atoms with van der Waals surface area (Å²) in [5.74, 6) is 0.916. The fourth-order valence-corrected chi connectivity index (χ4v) is 4.21. The first-order valence-electron chi connectivity index (χ1n) is 9.54. The first-order chi connectivity index (χ1) is 15.8. The van der Waals surface area contributed by atoms with Gasteiger partial charge in [-0.25, -0.2) is 0 Å². The number of nitrogens with zero attached hydrogens (tertiary/aromatic N) is 1. The third kappa shape index (κ3) is 5.26. The SMILES string of the molecule is O=C(/C=C/c1ccc(COc2c(Cl)c(Cl)c(Cl)c(Cl)c2Cl)o1)c1ccc(-n2cccc2)cc1. The van der Waals surface area contributed by atoms with E-state index < -0.39 is 0 Å². The smallest absolute Gasteiger partial charge is 0.185 e. The van der Waals surface area contributed by atoms with E-state index in [1.807, 2.05) is 41.2 Å². The Morgan fingerprint density at radius 1 is 0.848 bits per heavy atom. The highest BCUT2D eigenvalue weighted by Gasteiger charge is 2.21. The van der Waals surface area contributed by atoms with Gasteiger partial charge in [-0.15, -0.1) is 0 Å². The number of carbonyl (C=O) groups excluding carboxylic acids is 1. The molecule has 0 aliphatic carbocycles. The highest BCUT2D eigenvalue weighted by molar-refractivity contribution is 6.55. The molecule has 0 aliphatic heterocycles. The van der Waals surface area contributed by atoms with Crippen LogP contribution in [0.5, 0.6) is 5.75 Å². The van der Waals surface area contributed by atoms with E-state index in [4.69, 9.17) is 67.2 Å². The van der Waals surface area contributed by atoms with Crippen molar-refractivity contribution >= 4 is 69.9 Å². The molecule has 4 aromatic rings. The Labute approximate surface area is 214 Å². The van der Waals surface area contributed by atoms with E-state index in [2.05, 4.69) is 0 Å². The Bertz CT molecular complexity index is 1300. The highest BCUT2D eigenvalue weighted by Crippen LogP contribution is 2.48. The molecule has 0 saturated carbocycles. The van der Waals surface area contributed by atoms with Crippen LogP contribution in [-0.2, 0) is 6.61 Å². The van der Waals surface area contributed by atoms with Crippen molar-refractivity contribution in [2.24, 2.45) is 0 Å². The van der Waals surface area contributed by atoms with E-state index in [-0.39, 0.29) is 43.3 Å².